The number of allylic oxidation sites excluding steroid dienone is 2. The van der Waals surface area contributed by atoms with Crippen molar-refractivity contribution in [1.29, 1.82) is 0 Å². The molecule has 0 bridgehead atoms. The Kier molecular flexibility index (Phi) is 4.49. The van der Waals surface area contributed by atoms with Crippen LogP contribution in [0.2, 0.25) is 0 Å². The molecule has 5 heteroatoms. The van der Waals surface area contributed by atoms with Gasteiger partial charge in [-0.2, -0.15) is 0 Å². The van der Waals surface area contributed by atoms with Crippen molar-refractivity contribution in [2.24, 2.45) is 0 Å². The first-order chi connectivity index (χ1) is 9.56. The molecule has 1 aromatic carbocycles. The first-order valence-electron chi connectivity index (χ1n) is 6.29. The fraction of sp³-hybridized carbons (Fsp3) is 0.267. The third kappa shape index (κ3) is 2.72. The van der Waals surface area contributed by atoms with Gasteiger partial charge in [0.2, 0.25) is 5.78 Å². The summed E-state index contributed by atoms with van der Waals surface area (Å²) >= 11 is 3.18. The van der Waals surface area contributed by atoms with Crippen molar-refractivity contribution in [2.45, 2.75) is 19.8 Å². The molecule has 0 atom stereocenters. The predicted octanol–water partition coefficient (Wildman–Crippen LogP) is 3.06. The molecule has 4 nitrogen and oxygen atoms in total. The molecule has 1 aliphatic rings. The second-order valence-electron chi connectivity index (χ2n) is 4.30. The molecule has 0 spiro atoms. The van der Waals surface area contributed by atoms with E-state index in [2.05, 4.69) is 15.9 Å². The van der Waals surface area contributed by atoms with Gasteiger partial charge >= 0.3 is 5.97 Å². The topological polar surface area (TPSA) is 60.4 Å². The highest BCUT2D eigenvalue weighted by atomic mass is 79.9. The summed E-state index contributed by atoms with van der Waals surface area (Å²) in [4.78, 5) is 35.9. The summed E-state index contributed by atoms with van der Waals surface area (Å²) in [5, 5.41) is 0. The number of ketones is 2. The molecule has 0 aliphatic heterocycles. The number of halogens is 1. The lowest BCUT2D eigenvalue weighted by Gasteiger charge is -2.17. The Morgan fingerprint density at radius 2 is 1.75 bits per heavy atom. The van der Waals surface area contributed by atoms with Gasteiger partial charge < -0.3 is 4.74 Å². The average molecular weight is 337 g/mol. The Bertz CT molecular complexity index is 616. The molecule has 0 unspecified atom stereocenters. The van der Waals surface area contributed by atoms with Crippen molar-refractivity contribution in [3.63, 3.8) is 0 Å². The van der Waals surface area contributed by atoms with E-state index in [9.17, 15) is 14.4 Å². The number of benzene rings is 1. The molecule has 0 radical (unpaired) electrons. The van der Waals surface area contributed by atoms with Crippen LogP contribution < -0.4 is 0 Å². The molecular formula is C15H13BrO4. The zero-order valence-electron chi connectivity index (χ0n) is 10.9. The zero-order chi connectivity index (χ0) is 14.7. The second kappa shape index (κ2) is 6.13. The first-order valence-corrected chi connectivity index (χ1v) is 7.08. The third-order valence-corrected chi connectivity index (χ3v) is 3.88. The van der Waals surface area contributed by atoms with Crippen LogP contribution in [0.4, 0.5) is 0 Å². The lowest BCUT2D eigenvalue weighted by atomic mass is 9.87. The standard InChI is InChI=1S/C15H13BrO4/c1-2-20-12(17)8-7-11-13(16)15(19)10-6-4-3-5-9(10)14(11)18/h3-6H,2,7-8H2,1H3. The van der Waals surface area contributed by atoms with Crippen LogP contribution in [0.3, 0.4) is 0 Å². The van der Waals surface area contributed by atoms with Gasteiger partial charge in [-0.1, -0.05) is 24.3 Å². The summed E-state index contributed by atoms with van der Waals surface area (Å²) in [6.07, 6.45) is 0.276. The van der Waals surface area contributed by atoms with Crippen molar-refractivity contribution in [1.82, 2.24) is 0 Å². The maximum Gasteiger partial charge on any atom is 0.306 e. The zero-order valence-corrected chi connectivity index (χ0v) is 12.5. The van der Waals surface area contributed by atoms with Gasteiger partial charge in [-0.15, -0.1) is 0 Å². The number of esters is 1. The maximum absolute atomic E-state index is 12.4. The minimum Gasteiger partial charge on any atom is -0.466 e. The summed E-state index contributed by atoms with van der Waals surface area (Å²) < 4.78 is 5.07. The van der Waals surface area contributed by atoms with Crippen molar-refractivity contribution in [2.75, 3.05) is 6.61 Å². The van der Waals surface area contributed by atoms with Crippen LogP contribution in [0.15, 0.2) is 34.3 Å². The highest BCUT2D eigenvalue weighted by Crippen LogP contribution is 2.31. The smallest absolute Gasteiger partial charge is 0.306 e. The van der Waals surface area contributed by atoms with Crippen LogP contribution in [-0.4, -0.2) is 24.1 Å². The molecule has 2 rings (SSSR count). The van der Waals surface area contributed by atoms with Gasteiger partial charge in [-0.25, -0.2) is 0 Å². The van der Waals surface area contributed by atoms with Crippen molar-refractivity contribution in [3.8, 4) is 0 Å². The Balaban J connectivity index is 2.26. The number of fused-ring (bicyclic) bond motifs is 1. The van der Waals surface area contributed by atoms with Gasteiger partial charge in [0.05, 0.1) is 11.1 Å². The molecule has 20 heavy (non-hydrogen) atoms. The van der Waals surface area contributed by atoms with Gasteiger partial charge in [0.1, 0.15) is 0 Å². The maximum atomic E-state index is 12.4. The lowest BCUT2D eigenvalue weighted by molar-refractivity contribution is -0.143. The first kappa shape index (κ1) is 14.7. The lowest BCUT2D eigenvalue weighted by Crippen LogP contribution is -2.20. The largest absolute Gasteiger partial charge is 0.466 e. The number of rotatable bonds is 4. The van der Waals surface area contributed by atoms with E-state index in [1.165, 1.54) is 0 Å². The van der Waals surface area contributed by atoms with E-state index in [1.807, 2.05) is 0 Å². The fourth-order valence-corrected chi connectivity index (χ4v) is 2.67. The van der Waals surface area contributed by atoms with Crippen LogP contribution >= 0.6 is 15.9 Å². The summed E-state index contributed by atoms with van der Waals surface area (Å²) in [6.45, 7) is 2.02. The number of hydrogen-bond donors (Lipinski definition) is 0. The summed E-state index contributed by atoms with van der Waals surface area (Å²) in [6, 6.07) is 6.68. The Hall–Kier alpha value is -1.75. The molecular weight excluding hydrogens is 324 g/mol. The van der Waals surface area contributed by atoms with Gasteiger partial charge in [-0.3, -0.25) is 14.4 Å². The Morgan fingerprint density at radius 3 is 2.35 bits per heavy atom. The van der Waals surface area contributed by atoms with Crippen LogP contribution in [0, 0.1) is 0 Å². The minimum absolute atomic E-state index is 0.0828. The van der Waals surface area contributed by atoms with Crippen LogP contribution in [0.1, 0.15) is 40.5 Å². The second-order valence-corrected chi connectivity index (χ2v) is 5.09. The SMILES string of the molecule is CCOC(=O)CCC1=C(Br)C(=O)c2ccccc2C1=O. The quantitative estimate of drug-likeness (QED) is 0.793. The molecule has 0 saturated carbocycles. The van der Waals surface area contributed by atoms with Gasteiger partial charge in [0.15, 0.2) is 5.78 Å². The van der Waals surface area contributed by atoms with Crippen molar-refractivity contribution in [3.05, 3.63) is 45.4 Å². The summed E-state index contributed by atoms with van der Waals surface area (Å²) in [5.74, 6) is -0.810. The molecule has 0 fully saturated rings. The molecule has 0 heterocycles. The van der Waals surface area contributed by atoms with Gasteiger partial charge in [0.25, 0.3) is 0 Å². The van der Waals surface area contributed by atoms with E-state index in [1.54, 1.807) is 31.2 Å². The number of Topliss-reactive ketones (excluding diaryl/α,β-unsaturated/α-hetero) is 2. The Morgan fingerprint density at radius 1 is 1.15 bits per heavy atom. The van der Waals surface area contributed by atoms with Crippen LogP contribution in [0.5, 0.6) is 0 Å². The highest BCUT2D eigenvalue weighted by molar-refractivity contribution is 9.12. The van der Waals surface area contributed by atoms with E-state index < -0.39 is 0 Å². The monoisotopic (exact) mass is 336 g/mol. The molecule has 0 N–H and O–H groups in total. The summed E-state index contributed by atoms with van der Waals surface area (Å²) in [7, 11) is 0. The summed E-state index contributed by atoms with van der Waals surface area (Å²) in [5.41, 5.74) is 1.12. The molecule has 0 amide bonds. The van der Waals surface area contributed by atoms with E-state index in [0.717, 1.165) is 0 Å². The average Bonchev–Trinajstić information content (AvgIpc) is 2.45. The van der Waals surface area contributed by atoms with E-state index in [4.69, 9.17) is 4.74 Å². The normalized spacial score (nSPS) is 14.3. The van der Waals surface area contributed by atoms with E-state index in [-0.39, 0.29) is 34.9 Å². The molecule has 0 saturated heterocycles. The number of hydrogen-bond acceptors (Lipinski definition) is 4. The molecule has 1 aromatic rings. The fourth-order valence-electron chi connectivity index (χ4n) is 2.08. The number of carbonyl (C=O) groups excluding carboxylic acids is 3. The van der Waals surface area contributed by atoms with Gasteiger partial charge in [0, 0.05) is 23.1 Å². The molecule has 104 valence electrons. The van der Waals surface area contributed by atoms with E-state index in [0.29, 0.717) is 23.3 Å². The Labute approximate surface area is 124 Å². The van der Waals surface area contributed by atoms with Crippen molar-refractivity contribution >= 4 is 33.5 Å². The molecule has 0 aromatic heterocycles. The predicted molar refractivity (Wildman–Crippen MR) is 76.9 cm³/mol. The third-order valence-electron chi connectivity index (χ3n) is 3.04. The number of ether oxygens (including phenoxy) is 1. The van der Waals surface area contributed by atoms with Crippen LogP contribution in [-0.2, 0) is 9.53 Å². The van der Waals surface area contributed by atoms with Gasteiger partial charge in [-0.05, 0) is 29.3 Å². The van der Waals surface area contributed by atoms with E-state index >= 15 is 0 Å². The molecule has 1 aliphatic carbocycles. The minimum atomic E-state index is -0.376. The highest BCUT2D eigenvalue weighted by Gasteiger charge is 2.30. The number of carbonyl (C=O) groups is 3. The van der Waals surface area contributed by atoms with Crippen molar-refractivity contribution < 1.29 is 19.1 Å². The van der Waals surface area contributed by atoms with Crippen LogP contribution in [0.25, 0.3) is 0 Å².